The van der Waals surface area contributed by atoms with Gasteiger partial charge in [-0.1, -0.05) is 6.07 Å². The monoisotopic (exact) mass is 523 g/mol. The normalized spacial score (nSPS) is 23.4. The third-order valence-electron chi connectivity index (χ3n) is 8.26. The Morgan fingerprint density at radius 3 is 2.47 bits per heavy atom. The Balaban J connectivity index is 1.17. The molecular weight excluding hydrogens is 497 g/mol. The number of amides is 2. The summed E-state index contributed by atoms with van der Waals surface area (Å²) in [5, 5.41) is 19.2. The maximum atomic E-state index is 14.4. The molecule has 3 saturated carbocycles. The predicted molar refractivity (Wildman–Crippen MR) is 129 cm³/mol. The number of aliphatic carboxylic acids is 1. The fourth-order valence-corrected chi connectivity index (χ4v) is 5.75. The number of carbonyl (C=O) groups excluding carboxylic acids is 2. The quantitative estimate of drug-likeness (QED) is 0.429. The standard InChI is InChI=1S/C26H26FN5O6/c27-16-12-30-32-18(23(34)29-13-25-3-6-26(7-4-25,8-5-25)24(35)36)10-17(31-21(16)32)22(33)28-11-15-1-2-19-20(9-15)38-14-37-19/h1-2,9-10,12H,3-8,11,13-14H2,(H,28,33)(H,29,34)(H,35,36). The molecule has 0 unspecified atom stereocenters. The molecule has 3 heterocycles. The van der Waals surface area contributed by atoms with Gasteiger partial charge in [-0.25, -0.2) is 13.9 Å². The zero-order chi connectivity index (χ0) is 26.5. The summed E-state index contributed by atoms with van der Waals surface area (Å²) < 4.78 is 26.2. The SMILES string of the molecule is O=C(NCc1ccc2c(c1)OCO2)c1cc(C(=O)NCC23CCC(C(=O)O)(CC2)CC3)n2ncc(F)c2n1. The summed E-state index contributed by atoms with van der Waals surface area (Å²) in [6.07, 6.45) is 4.88. The number of aromatic nitrogens is 3. The highest BCUT2D eigenvalue weighted by Crippen LogP contribution is 2.56. The minimum Gasteiger partial charge on any atom is -0.481 e. The van der Waals surface area contributed by atoms with Gasteiger partial charge in [-0.05, 0) is 61.6 Å². The van der Waals surface area contributed by atoms with Crippen molar-refractivity contribution in [3.63, 3.8) is 0 Å². The number of nitrogens with zero attached hydrogens (tertiary/aromatic N) is 3. The molecule has 2 bridgehead atoms. The predicted octanol–water partition coefficient (Wildman–Crippen LogP) is 2.68. The number of carbonyl (C=O) groups is 3. The van der Waals surface area contributed by atoms with E-state index in [2.05, 4.69) is 20.7 Å². The number of benzene rings is 1. The van der Waals surface area contributed by atoms with Crippen LogP contribution in [0.4, 0.5) is 4.39 Å². The summed E-state index contributed by atoms with van der Waals surface area (Å²) >= 11 is 0. The lowest BCUT2D eigenvalue weighted by molar-refractivity contribution is -0.158. The van der Waals surface area contributed by atoms with Crippen LogP contribution in [0.1, 0.15) is 65.1 Å². The van der Waals surface area contributed by atoms with Gasteiger partial charge in [0, 0.05) is 19.2 Å². The van der Waals surface area contributed by atoms with Crippen molar-refractivity contribution in [1.29, 1.82) is 0 Å². The molecule has 3 fully saturated rings. The highest BCUT2D eigenvalue weighted by Gasteiger charge is 2.52. The van der Waals surface area contributed by atoms with E-state index >= 15 is 0 Å². The first kappa shape index (κ1) is 24.1. The van der Waals surface area contributed by atoms with E-state index < -0.39 is 29.0 Å². The molecule has 3 N–H and O–H groups in total. The van der Waals surface area contributed by atoms with Crippen LogP contribution in [0.2, 0.25) is 0 Å². The van der Waals surface area contributed by atoms with E-state index in [1.807, 2.05) is 0 Å². The molecule has 0 saturated heterocycles. The Labute approximate surface area is 216 Å². The first-order valence-electron chi connectivity index (χ1n) is 12.5. The van der Waals surface area contributed by atoms with Crippen LogP contribution in [-0.4, -0.2) is 50.8 Å². The summed E-state index contributed by atoms with van der Waals surface area (Å²) in [7, 11) is 0. The Kier molecular flexibility index (Phi) is 5.69. The first-order valence-corrected chi connectivity index (χ1v) is 12.5. The van der Waals surface area contributed by atoms with E-state index in [0.29, 0.717) is 37.3 Å². The number of ether oxygens (including phenoxy) is 2. The molecule has 1 aliphatic heterocycles. The fraction of sp³-hybridized carbons (Fsp3) is 0.423. The average Bonchev–Trinajstić information content (AvgIpc) is 3.57. The van der Waals surface area contributed by atoms with Crippen LogP contribution in [0.15, 0.2) is 30.5 Å². The summed E-state index contributed by atoms with van der Waals surface area (Å²) in [6.45, 7) is 0.660. The minimum atomic E-state index is -0.757. The van der Waals surface area contributed by atoms with Gasteiger partial charge in [0.25, 0.3) is 11.8 Å². The molecule has 198 valence electrons. The van der Waals surface area contributed by atoms with Gasteiger partial charge < -0.3 is 25.2 Å². The Hall–Kier alpha value is -4.22. The molecule has 0 atom stereocenters. The van der Waals surface area contributed by atoms with E-state index in [-0.39, 0.29) is 35.8 Å². The number of halogens is 1. The second kappa shape index (κ2) is 8.96. The van der Waals surface area contributed by atoms with Crippen molar-refractivity contribution in [2.45, 2.75) is 45.1 Å². The molecule has 1 aromatic carbocycles. The van der Waals surface area contributed by atoms with Crippen molar-refractivity contribution in [1.82, 2.24) is 25.2 Å². The Bertz CT molecular complexity index is 1450. The van der Waals surface area contributed by atoms with Gasteiger partial charge in [-0.3, -0.25) is 14.4 Å². The second-order valence-corrected chi connectivity index (χ2v) is 10.4. The van der Waals surface area contributed by atoms with Gasteiger partial charge in [0.05, 0.1) is 11.6 Å². The fourth-order valence-electron chi connectivity index (χ4n) is 5.75. The zero-order valence-corrected chi connectivity index (χ0v) is 20.5. The van der Waals surface area contributed by atoms with Crippen molar-refractivity contribution in [2.75, 3.05) is 13.3 Å². The summed E-state index contributed by atoms with van der Waals surface area (Å²) in [4.78, 5) is 42.0. The summed E-state index contributed by atoms with van der Waals surface area (Å²) in [5.41, 5.74) is -0.413. The van der Waals surface area contributed by atoms with Gasteiger partial charge in [0.2, 0.25) is 6.79 Å². The van der Waals surface area contributed by atoms with Crippen LogP contribution >= 0.6 is 0 Å². The van der Waals surface area contributed by atoms with Crippen molar-refractivity contribution >= 4 is 23.4 Å². The van der Waals surface area contributed by atoms with E-state index in [4.69, 9.17) is 9.47 Å². The first-order chi connectivity index (χ1) is 18.3. The van der Waals surface area contributed by atoms with Crippen LogP contribution in [0.3, 0.4) is 0 Å². The van der Waals surface area contributed by atoms with E-state index in [1.165, 1.54) is 6.07 Å². The van der Waals surface area contributed by atoms with Crippen LogP contribution in [0, 0.1) is 16.6 Å². The molecule has 4 aliphatic rings. The van der Waals surface area contributed by atoms with Gasteiger partial charge in [0.1, 0.15) is 11.4 Å². The van der Waals surface area contributed by atoms with Crippen LogP contribution in [0.5, 0.6) is 11.5 Å². The lowest BCUT2D eigenvalue weighted by atomic mass is 9.53. The third kappa shape index (κ3) is 4.09. The van der Waals surface area contributed by atoms with Gasteiger partial charge in [-0.2, -0.15) is 5.10 Å². The zero-order valence-electron chi connectivity index (χ0n) is 20.5. The number of carboxylic acids is 1. The van der Waals surface area contributed by atoms with E-state index in [9.17, 15) is 23.9 Å². The Morgan fingerprint density at radius 2 is 1.74 bits per heavy atom. The maximum Gasteiger partial charge on any atom is 0.309 e. The molecule has 2 amide bonds. The van der Waals surface area contributed by atoms with Crippen molar-refractivity contribution in [2.24, 2.45) is 10.8 Å². The lowest BCUT2D eigenvalue weighted by Crippen LogP contribution is -2.50. The molecular formula is C26H26FN5O6. The number of rotatable bonds is 7. The maximum absolute atomic E-state index is 14.4. The summed E-state index contributed by atoms with van der Waals surface area (Å²) in [5.74, 6) is -1.38. The smallest absolute Gasteiger partial charge is 0.309 e. The minimum absolute atomic E-state index is 0.0185. The average molecular weight is 524 g/mol. The molecule has 12 heteroatoms. The van der Waals surface area contributed by atoms with Crippen LogP contribution in [0.25, 0.3) is 5.65 Å². The molecule has 38 heavy (non-hydrogen) atoms. The molecule has 0 radical (unpaired) electrons. The van der Waals surface area contributed by atoms with Gasteiger partial charge in [-0.15, -0.1) is 0 Å². The van der Waals surface area contributed by atoms with E-state index in [1.54, 1.807) is 18.2 Å². The summed E-state index contributed by atoms with van der Waals surface area (Å²) in [6, 6.07) is 6.58. The topological polar surface area (TPSA) is 144 Å². The van der Waals surface area contributed by atoms with Crippen molar-refractivity contribution in [3.8, 4) is 11.5 Å². The lowest BCUT2D eigenvalue weighted by Gasteiger charge is -2.51. The highest BCUT2D eigenvalue weighted by atomic mass is 19.1. The number of nitrogens with one attached hydrogen (secondary N) is 2. The largest absolute Gasteiger partial charge is 0.481 e. The molecule has 7 rings (SSSR count). The number of carboxylic acid groups (broad SMARTS) is 1. The molecule has 11 nitrogen and oxygen atoms in total. The molecule has 3 aromatic rings. The van der Waals surface area contributed by atoms with Crippen molar-refractivity contribution in [3.05, 3.63) is 53.2 Å². The number of fused-ring (bicyclic) bond motifs is 5. The third-order valence-corrected chi connectivity index (χ3v) is 8.26. The second-order valence-electron chi connectivity index (χ2n) is 10.4. The van der Waals surface area contributed by atoms with Gasteiger partial charge in [0.15, 0.2) is 23.0 Å². The number of hydrogen-bond donors (Lipinski definition) is 3. The number of hydrogen-bond acceptors (Lipinski definition) is 7. The van der Waals surface area contributed by atoms with Crippen LogP contribution in [-0.2, 0) is 11.3 Å². The highest BCUT2D eigenvalue weighted by molar-refractivity contribution is 5.98. The van der Waals surface area contributed by atoms with Gasteiger partial charge >= 0.3 is 5.97 Å². The Morgan fingerprint density at radius 1 is 1.00 bits per heavy atom. The molecule has 2 aromatic heterocycles. The molecule has 0 spiro atoms. The van der Waals surface area contributed by atoms with Crippen molar-refractivity contribution < 1.29 is 33.4 Å². The van der Waals surface area contributed by atoms with E-state index in [0.717, 1.165) is 35.5 Å². The van der Waals surface area contributed by atoms with Crippen LogP contribution < -0.4 is 20.1 Å². The molecule has 3 aliphatic carbocycles.